The molecule has 1 N–H and O–H groups in total. The van der Waals surface area contributed by atoms with Crippen molar-refractivity contribution in [1.29, 1.82) is 0 Å². The monoisotopic (exact) mass is 268 g/mol. The van der Waals surface area contributed by atoms with Gasteiger partial charge >= 0.3 is 0 Å². The molecule has 0 aromatic rings. The van der Waals surface area contributed by atoms with Crippen molar-refractivity contribution < 1.29 is 0 Å². The summed E-state index contributed by atoms with van der Waals surface area (Å²) in [4.78, 5) is 2.62. The lowest BCUT2D eigenvalue weighted by molar-refractivity contribution is 0.0963. The molecule has 1 fully saturated rings. The Morgan fingerprint density at radius 3 is 2.00 bits per heavy atom. The molecule has 1 aliphatic rings. The third kappa shape index (κ3) is 7.31. The smallest absolute Gasteiger partial charge is 0.0125 e. The van der Waals surface area contributed by atoms with Crippen LogP contribution in [-0.4, -0.2) is 36.1 Å². The maximum Gasteiger partial charge on any atom is 0.0125 e. The van der Waals surface area contributed by atoms with E-state index in [0.717, 1.165) is 6.04 Å². The fraction of sp³-hybridized carbons (Fsp3) is 1.00. The average Bonchev–Trinajstić information content (AvgIpc) is 2.26. The third-order valence-corrected chi connectivity index (χ3v) is 4.23. The molecule has 0 spiro atoms. The Morgan fingerprint density at radius 1 is 0.947 bits per heavy atom. The van der Waals surface area contributed by atoms with E-state index in [-0.39, 0.29) is 0 Å². The van der Waals surface area contributed by atoms with E-state index in [1.807, 2.05) is 0 Å². The molecule has 1 rings (SSSR count). The number of rotatable bonds is 5. The summed E-state index contributed by atoms with van der Waals surface area (Å²) in [6.45, 7) is 17.7. The van der Waals surface area contributed by atoms with Gasteiger partial charge in [0.2, 0.25) is 0 Å². The molecule has 1 saturated heterocycles. The number of likely N-dealkylation sites (tertiary alicyclic amines) is 1. The van der Waals surface area contributed by atoms with Crippen molar-refractivity contribution in [1.82, 2.24) is 10.2 Å². The maximum atomic E-state index is 3.75. The highest BCUT2D eigenvalue weighted by molar-refractivity contribution is 4.84. The van der Waals surface area contributed by atoms with Gasteiger partial charge in [0.05, 0.1) is 0 Å². The van der Waals surface area contributed by atoms with Crippen molar-refractivity contribution in [3.05, 3.63) is 0 Å². The van der Waals surface area contributed by atoms with Crippen LogP contribution in [0.2, 0.25) is 0 Å². The van der Waals surface area contributed by atoms with E-state index < -0.39 is 0 Å². The Labute approximate surface area is 121 Å². The summed E-state index contributed by atoms with van der Waals surface area (Å²) in [7, 11) is 0. The zero-order chi connectivity index (χ0) is 14.5. The van der Waals surface area contributed by atoms with Crippen LogP contribution >= 0.6 is 0 Å². The highest BCUT2D eigenvalue weighted by atomic mass is 15.2. The predicted molar refractivity (Wildman–Crippen MR) is 85.7 cm³/mol. The van der Waals surface area contributed by atoms with Crippen LogP contribution in [0.3, 0.4) is 0 Å². The Bertz CT molecular complexity index is 239. The average molecular weight is 268 g/mol. The van der Waals surface area contributed by atoms with Crippen molar-refractivity contribution in [2.45, 2.75) is 85.2 Å². The lowest BCUT2D eigenvalue weighted by Gasteiger charge is -2.41. The molecule has 0 unspecified atom stereocenters. The van der Waals surface area contributed by atoms with Crippen LogP contribution in [-0.2, 0) is 0 Å². The van der Waals surface area contributed by atoms with Crippen molar-refractivity contribution in [2.75, 3.05) is 19.6 Å². The second kappa shape index (κ2) is 7.08. The van der Waals surface area contributed by atoms with E-state index in [1.54, 1.807) is 0 Å². The van der Waals surface area contributed by atoms with Crippen molar-refractivity contribution >= 4 is 0 Å². The highest BCUT2D eigenvalue weighted by Crippen LogP contribution is 2.22. The van der Waals surface area contributed by atoms with Gasteiger partial charge in [-0.2, -0.15) is 0 Å². The summed E-state index contributed by atoms with van der Waals surface area (Å²) in [6.07, 6.45) is 6.67. The van der Waals surface area contributed by atoms with Gasteiger partial charge in [-0.05, 0) is 58.4 Å². The van der Waals surface area contributed by atoms with E-state index >= 15 is 0 Å². The predicted octanol–water partition coefficient (Wildman–Crippen LogP) is 4.06. The van der Waals surface area contributed by atoms with Crippen LogP contribution in [0.15, 0.2) is 0 Å². The van der Waals surface area contributed by atoms with Gasteiger partial charge in [0.25, 0.3) is 0 Å². The van der Waals surface area contributed by atoms with E-state index in [0.29, 0.717) is 11.0 Å². The lowest BCUT2D eigenvalue weighted by atomic mass is 9.90. The summed E-state index contributed by atoms with van der Waals surface area (Å²) in [5.41, 5.74) is 0.843. The zero-order valence-corrected chi connectivity index (χ0v) is 14.2. The van der Waals surface area contributed by atoms with E-state index in [2.05, 4.69) is 51.8 Å². The van der Waals surface area contributed by atoms with Gasteiger partial charge in [-0.1, -0.05) is 27.2 Å². The fourth-order valence-corrected chi connectivity index (χ4v) is 2.84. The van der Waals surface area contributed by atoms with Crippen LogP contribution in [0, 0.1) is 5.41 Å². The van der Waals surface area contributed by atoms with Crippen LogP contribution in [0.4, 0.5) is 0 Å². The van der Waals surface area contributed by atoms with Crippen molar-refractivity contribution in [2.24, 2.45) is 5.41 Å². The van der Waals surface area contributed by atoms with Gasteiger partial charge in [0, 0.05) is 24.7 Å². The summed E-state index contributed by atoms with van der Waals surface area (Å²) in [5, 5.41) is 3.75. The number of unbranched alkanes of at least 4 members (excludes halogenated alkanes) is 1. The third-order valence-electron chi connectivity index (χ3n) is 4.23. The lowest BCUT2D eigenvalue weighted by Crippen LogP contribution is -2.50. The minimum Gasteiger partial charge on any atom is -0.314 e. The molecule has 0 amide bonds. The largest absolute Gasteiger partial charge is 0.314 e. The van der Waals surface area contributed by atoms with Gasteiger partial charge in [-0.3, -0.25) is 4.90 Å². The standard InChI is InChI=1S/C17H36N2/c1-16(2,3)11-7-8-12-18-15-9-13-19(14-10-15)17(4,5)6/h15,18H,7-14H2,1-6H3. The Kier molecular flexibility index (Phi) is 6.32. The molecule has 0 atom stereocenters. The molecule has 114 valence electrons. The number of nitrogens with one attached hydrogen (secondary N) is 1. The molecule has 0 radical (unpaired) electrons. The molecule has 1 heterocycles. The Morgan fingerprint density at radius 2 is 1.53 bits per heavy atom. The molecule has 0 aromatic heterocycles. The Balaban J connectivity index is 2.07. The maximum absolute atomic E-state index is 3.75. The molecule has 1 aliphatic heterocycles. The number of hydrogen-bond acceptors (Lipinski definition) is 2. The molecular formula is C17H36N2. The summed E-state index contributed by atoms with van der Waals surface area (Å²) >= 11 is 0. The fourth-order valence-electron chi connectivity index (χ4n) is 2.84. The van der Waals surface area contributed by atoms with Crippen molar-refractivity contribution in [3.8, 4) is 0 Å². The van der Waals surface area contributed by atoms with Crippen LogP contribution in [0.5, 0.6) is 0 Å². The molecule has 2 nitrogen and oxygen atoms in total. The molecule has 0 aromatic carbocycles. The van der Waals surface area contributed by atoms with Gasteiger partial charge in [-0.15, -0.1) is 0 Å². The molecule has 0 saturated carbocycles. The zero-order valence-electron chi connectivity index (χ0n) is 14.2. The van der Waals surface area contributed by atoms with E-state index in [9.17, 15) is 0 Å². The quantitative estimate of drug-likeness (QED) is 0.757. The molecular weight excluding hydrogens is 232 g/mol. The van der Waals surface area contributed by atoms with E-state index in [4.69, 9.17) is 0 Å². The SMILES string of the molecule is CC(C)(C)CCCCNC1CCN(C(C)(C)C)CC1. The minimum atomic E-state index is 0.345. The second-order valence-electron chi connectivity index (χ2n) is 8.40. The first-order valence-corrected chi connectivity index (χ1v) is 8.17. The van der Waals surface area contributed by atoms with Gasteiger partial charge < -0.3 is 5.32 Å². The van der Waals surface area contributed by atoms with Gasteiger partial charge in [0.1, 0.15) is 0 Å². The summed E-state index contributed by atoms with van der Waals surface area (Å²) in [6, 6.07) is 0.758. The van der Waals surface area contributed by atoms with Crippen LogP contribution in [0.25, 0.3) is 0 Å². The topological polar surface area (TPSA) is 15.3 Å². The number of piperidine rings is 1. The van der Waals surface area contributed by atoms with Gasteiger partial charge in [-0.25, -0.2) is 0 Å². The first-order chi connectivity index (χ1) is 8.68. The highest BCUT2D eigenvalue weighted by Gasteiger charge is 2.26. The van der Waals surface area contributed by atoms with Crippen molar-refractivity contribution in [3.63, 3.8) is 0 Å². The Hall–Kier alpha value is -0.0800. The normalized spacial score (nSPS) is 19.9. The minimum absolute atomic E-state index is 0.345. The molecule has 19 heavy (non-hydrogen) atoms. The van der Waals surface area contributed by atoms with Crippen LogP contribution in [0.1, 0.15) is 73.6 Å². The number of nitrogens with zero attached hydrogens (tertiary/aromatic N) is 1. The molecule has 2 heteroatoms. The summed E-state index contributed by atoms with van der Waals surface area (Å²) in [5.74, 6) is 0. The summed E-state index contributed by atoms with van der Waals surface area (Å²) < 4.78 is 0. The number of hydrogen-bond donors (Lipinski definition) is 1. The first kappa shape index (κ1) is 17.0. The van der Waals surface area contributed by atoms with Crippen LogP contribution < -0.4 is 5.32 Å². The molecule has 0 bridgehead atoms. The molecule has 0 aliphatic carbocycles. The van der Waals surface area contributed by atoms with Gasteiger partial charge in [0.15, 0.2) is 0 Å². The first-order valence-electron chi connectivity index (χ1n) is 8.17. The second-order valence-corrected chi connectivity index (χ2v) is 8.40. The van der Waals surface area contributed by atoms with E-state index in [1.165, 1.54) is 51.7 Å².